The molecule has 0 aromatic heterocycles. The molecule has 1 aromatic rings. The van der Waals surface area contributed by atoms with Crippen LogP contribution in [0.1, 0.15) is 12.0 Å². The number of carbonyl (C=O) groups is 1. The minimum Gasteiger partial charge on any atom is -0.496 e. The zero-order valence-corrected chi connectivity index (χ0v) is 11.5. The third-order valence-electron chi connectivity index (χ3n) is 3.19. The number of benzene rings is 1. The molecular formula is C12H13F2NO4S. The van der Waals surface area contributed by atoms with Crippen LogP contribution in [-0.2, 0) is 21.6 Å². The van der Waals surface area contributed by atoms with Crippen molar-refractivity contribution in [3.05, 3.63) is 29.6 Å². The van der Waals surface area contributed by atoms with E-state index in [4.69, 9.17) is 4.74 Å². The van der Waals surface area contributed by atoms with Gasteiger partial charge in [0.25, 0.3) is 0 Å². The van der Waals surface area contributed by atoms with E-state index >= 15 is 0 Å². The van der Waals surface area contributed by atoms with E-state index in [-0.39, 0.29) is 25.3 Å². The number of nitrogens with zero attached hydrogens (tertiary/aromatic N) is 1. The van der Waals surface area contributed by atoms with Gasteiger partial charge in [0.1, 0.15) is 16.8 Å². The van der Waals surface area contributed by atoms with Crippen molar-refractivity contribution in [1.82, 2.24) is 4.90 Å². The zero-order chi connectivity index (χ0) is 14.9. The Bertz CT molecular complexity index is 632. The molecule has 0 saturated carbocycles. The molecule has 2 rings (SSSR count). The van der Waals surface area contributed by atoms with E-state index in [0.717, 1.165) is 0 Å². The Morgan fingerprint density at radius 2 is 2.15 bits per heavy atom. The Morgan fingerprint density at radius 1 is 1.45 bits per heavy atom. The van der Waals surface area contributed by atoms with E-state index in [2.05, 4.69) is 0 Å². The van der Waals surface area contributed by atoms with Crippen LogP contribution in [0, 0.1) is 5.82 Å². The van der Waals surface area contributed by atoms with Crippen LogP contribution in [0.3, 0.4) is 0 Å². The van der Waals surface area contributed by atoms with Crippen LogP contribution in [0.4, 0.5) is 8.28 Å². The van der Waals surface area contributed by atoms with Crippen molar-refractivity contribution in [3.8, 4) is 5.75 Å². The number of hydrogen-bond acceptors (Lipinski definition) is 4. The number of amides is 1. The monoisotopic (exact) mass is 305 g/mol. The van der Waals surface area contributed by atoms with Crippen molar-refractivity contribution in [3.63, 3.8) is 0 Å². The highest BCUT2D eigenvalue weighted by molar-refractivity contribution is 7.87. The maximum absolute atomic E-state index is 13.1. The summed E-state index contributed by atoms with van der Waals surface area (Å²) in [4.78, 5) is 12.9. The topological polar surface area (TPSA) is 63.7 Å². The van der Waals surface area contributed by atoms with E-state index in [1.54, 1.807) is 0 Å². The zero-order valence-electron chi connectivity index (χ0n) is 10.7. The van der Waals surface area contributed by atoms with E-state index in [1.165, 1.54) is 30.2 Å². The Morgan fingerprint density at radius 3 is 2.70 bits per heavy atom. The first-order valence-corrected chi connectivity index (χ1v) is 7.29. The van der Waals surface area contributed by atoms with Crippen molar-refractivity contribution in [1.29, 1.82) is 0 Å². The summed E-state index contributed by atoms with van der Waals surface area (Å²) in [7, 11) is -3.38. The molecule has 1 aliphatic heterocycles. The van der Waals surface area contributed by atoms with Crippen molar-refractivity contribution in [2.24, 2.45) is 0 Å². The molecule has 0 aliphatic carbocycles. The first-order valence-electron chi connectivity index (χ1n) is 5.85. The normalized spacial score (nSPS) is 19.4. The van der Waals surface area contributed by atoms with Crippen LogP contribution >= 0.6 is 0 Å². The molecule has 0 bridgehead atoms. The second-order valence-corrected chi connectivity index (χ2v) is 6.15. The van der Waals surface area contributed by atoms with E-state index in [9.17, 15) is 21.5 Å². The highest BCUT2D eigenvalue weighted by atomic mass is 32.3. The maximum Gasteiger partial charge on any atom is 0.307 e. The van der Waals surface area contributed by atoms with Crippen LogP contribution < -0.4 is 4.74 Å². The second kappa shape index (κ2) is 5.35. The van der Waals surface area contributed by atoms with Crippen LogP contribution in [0.15, 0.2) is 18.2 Å². The lowest BCUT2D eigenvalue weighted by Gasteiger charge is -2.17. The van der Waals surface area contributed by atoms with Gasteiger partial charge in [-0.25, -0.2) is 4.39 Å². The number of rotatable bonds is 4. The van der Waals surface area contributed by atoms with Crippen molar-refractivity contribution < 1.29 is 26.2 Å². The SMILES string of the molecule is COc1cc(F)ccc1CN1CC(S(=O)(=O)F)CC1=O. The standard InChI is InChI=1S/C12H13F2NO4S/c1-19-11-4-9(13)3-2-8(11)6-15-7-10(5-12(15)16)20(14,17)18/h2-4,10H,5-7H2,1H3. The molecule has 1 saturated heterocycles. The van der Waals surface area contributed by atoms with Crippen molar-refractivity contribution in [2.45, 2.75) is 18.2 Å². The predicted molar refractivity (Wildman–Crippen MR) is 66.8 cm³/mol. The molecule has 0 spiro atoms. The molecule has 1 heterocycles. The van der Waals surface area contributed by atoms with Gasteiger partial charge in [0, 0.05) is 31.1 Å². The summed E-state index contributed by atoms with van der Waals surface area (Å²) in [6.07, 6.45) is -0.373. The average Bonchev–Trinajstić information content (AvgIpc) is 2.73. The lowest BCUT2D eigenvalue weighted by Crippen LogP contribution is -2.27. The van der Waals surface area contributed by atoms with Gasteiger partial charge in [-0.3, -0.25) is 4.79 Å². The number of carbonyl (C=O) groups excluding carboxylic acids is 1. The van der Waals surface area contributed by atoms with Gasteiger partial charge in [0.2, 0.25) is 5.91 Å². The summed E-state index contributed by atoms with van der Waals surface area (Å²) < 4.78 is 52.6. The molecule has 1 fully saturated rings. The van der Waals surface area contributed by atoms with E-state index in [0.29, 0.717) is 5.56 Å². The number of ether oxygens (including phenoxy) is 1. The highest BCUT2D eigenvalue weighted by Gasteiger charge is 2.38. The van der Waals surface area contributed by atoms with Gasteiger partial charge in [0.05, 0.1) is 7.11 Å². The molecule has 0 radical (unpaired) electrons. The Balaban J connectivity index is 2.17. The number of methoxy groups -OCH3 is 1. The maximum atomic E-state index is 13.1. The van der Waals surface area contributed by atoms with Gasteiger partial charge in [-0.2, -0.15) is 8.42 Å². The fourth-order valence-electron chi connectivity index (χ4n) is 2.13. The van der Waals surface area contributed by atoms with Crippen LogP contribution in [0.25, 0.3) is 0 Å². The van der Waals surface area contributed by atoms with Gasteiger partial charge < -0.3 is 9.64 Å². The summed E-state index contributed by atoms with van der Waals surface area (Å²) in [6.45, 7) is -0.160. The van der Waals surface area contributed by atoms with Crippen LogP contribution in [0.5, 0.6) is 5.75 Å². The molecule has 1 aliphatic rings. The van der Waals surface area contributed by atoms with Gasteiger partial charge in [-0.05, 0) is 6.07 Å². The second-order valence-electron chi connectivity index (χ2n) is 4.53. The van der Waals surface area contributed by atoms with E-state index in [1.807, 2.05) is 0 Å². The van der Waals surface area contributed by atoms with Crippen molar-refractivity contribution in [2.75, 3.05) is 13.7 Å². The quantitative estimate of drug-likeness (QED) is 0.785. The van der Waals surface area contributed by atoms with Gasteiger partial charge >= 0.3 is 10.2 Å². The van der Waals surface area contributed by atoms with Gasteiger partial charge in [0.15, 0.2) is 0 Å². The predicted octanol–water partition coefficient (Wildman–Crippen LogP) is 1.23. The molecular weight excluding hydrogens is 292 g/mol. The number of halogens is 2. The first-order chi connectivity index (χ1) is 9.31. The lowest BCUT2D eigenvalue weighted by atomic mass is 10.2. The summed E-state index contributed by atoms with van der Waals surface area (Å²) in [5.74, 6) is -0.686. The molecule has 20 heavy (non-hydrogen) atoms. The Kier molecular flexibility index (Phi) is 3.94. The minimum absolute atomic E-state index is 0.0499. The van der Waals surface area contributed by atoms with Crippen LogP contribution in [0.2, 0.25) is 0 Å². The lowest BCUT2D eigenvalue weighted by molar-refractivity contribution is -0.128. The third kappa shape index (κ3) is 3.06. The molecule has 1 atom stereocenters. The molecule has 110 valence electrons. The van der Waals surface area contributed by atoms with Gasteiger partial charge in [-0.15, -0.1) is 3.89 Å². The van der Waals surface area contributed by atoms with Crippen LogP contribution in [-0.4, -0.2) is 38.1 Å². The molecule has 0 N–H and O–H groups in total. The highest BCUT2D eigenvalue weighted by Crippen LogP contribution is 2.26. The Hall–Kier alpha value is -1.70. The smallest absolute Gasteiger partial charge is 0.307 e. The molecule has 1 unspecified atom stereocenters. The summed E-state index contributed by atoms with van der Waals surface area (Å²) in [6, 6.07) is 3.82. The minimum atomic E-state index is -4.74. The summed E-state index contributed by atoms with van der Waals surface area (Å²) >= 11 is 0. The van der Waals surface area contributed by atoms with E-state index < -0.39 is 27.2 Å². The first kappa shape index (κ1) is 14.7. The third-order valence-corrected chi connectivity index (χ3v) is 4.30. The largest absolute Gasteiger partial charge is 0.496 e. The number of hydrogen-bond donors (Lipinski definition) is 0. The van der Waals surface area contributed by atoms with Gasteiger partial charge in [-0.1, -0.05) is 6.07 Å². The average molecular weight is 305 g/mol. The Labute approximate surface area is 115 Å². The summed E-state index contributed by atoms with van der Waals surface area (Å²) in [5.41, 5.74) is 0.527. The molecule has 5 nitrogen and oxygen atoms in total. The summed E-state index contributed by atoms with van der Waals surface area (Å²) in [5, 5.41) is -1.33. The fraction of sp³-hybridized carbons (Fsp3) is 0.417. The number of likely N-dealkylation sites (tertiary alicyclic amines) is 1. The fourth-order valence-corrected chi connectivity index (χ4v) is 2.83. The molecule has 1 aromatic carbocycles. The molecule has 8 heteroatoms. The van der Waals surface area contributed by atoms with Crippen molar-refractivity contribution >= 4 is 16.1 Å². The molecule has 1 amide bonds.